The predicted molar refractivity (Wildman–Crippen MR) is 34.2 cm³/mol. The topological polar surface area (TPSA) is 48.9 Å². The van der Waals surface area contributed by atoms with Crippen molar-refractivity contribution in [1.29, 1.82) is 0 Å². The first-order valence-corrected chi connectivity index (χ1v) is 2.67. The van der Waals surface area contributed by atoms with Crippen molar-refractivity contribution in [2.45, 2.75) is 6.42 Å². The van der Waals surface area contributed by atoms with Crippen molar-refractivity contribution >= 4 is 0 Å². The summed E-state index contributed by atoms with van der Waals surface area (Å²) in [7, 11) is 0. The standard InChI is InChI=1S/C6H8N2O/c1-2-3-5-6(9)4-7-8-5/h2,4,9H,1,3H2,(H,7,8). The highest BCUT2D eigenvalue weighted by molar-refractivity contribution is 5.23. The van der Waals surface area contributed by atoms with Crippen LogP contribution < -0.4 is 0 Å². The minimum atomic E-state index is 0.204. The van der Waals surface area contributed by atoms with Crippen LogP contribution in [-0.2, 0) is 6.42 Å². The molecule has 1 aromatic heterocycles. The average molecular weight is 124 g/mol. The summed E-state index contributed by atoms with van der Waals surface area (Å²) in [5, 5.41) is 15.2. The summed E-state index contributed by atoms with van der Waals surface area (Å²) in [4.78, 5) is 0. The van der Waals surface area contributed by atoms with E-state index < -0.39 is 0 Å². The van der Waals surface area contributed by atoms with Crippen LogP contribution in [0.4, 0.5) is 0 Å². The molecule has 0 saturated carbocycles. The van der Waals surface area contributed by atoms with Gasteiger partial charge in [-0.2, -0.15) is 5.10 Å². The number of hydrogen-bond acceptors (Lipinski definition) is 2. The first-order valence-electron chi connectivity index (χ1n) is 2.67. The van der Waals surface area contributed by atoms with Crippen molar-refractivity contribution in [1.82, 2.24) is 10.2 Å². The summed E-state index contributed by atoms with van der Waals surface area (Å²) < 4.78 is 0. The lowest BCUT2D eigenvalue weighted by Gasteiger charge is -1.86. The normalized spacial score (nSPS) is 9.33. The molecule has 0 fully saturated rings. The molecule has 1 rings (SSSR count). The number of H-pyrrole nitrogens is 1. The van der Waals surface area contributed by atoms with Gasteiger partial charge in [0.15, 0.2) is 5.75 Å². The Morgan fingerprint density at radius 1 is 1.89 bits per heavy atom. The molecule has 0 radical (unpaired) electrons. The fourth-order valence-corrected chi connectivity index (χ4v) is 0.599. The molecule has 0 aliphatic rings. The molecule has 0 aromatic carbocycles. The number of rotatable bonds is 2. The van der Waals surface area contributed by atoms with Crippen molar-refractivity contribution in [3.05, 3.63) is 24.5 Å². The summed E-state index contributed by atoms with van der Waals surface area (Å²) in [6.07, 6.45) is 3.74. The number of aromatic hydroxyl groups is 1. The number of allylic oxidation sites excluding steroid dienone is 1. The Bertz CT molecular complexity index is 205. The molecule has 0 spiro atoms. The minimum absolute atomic E-state index is 0.204. The van der Waals surface area contributed by atoms with Gasteiger partial charge >= 0.3 is 0 Å². The maximum absolute atomic E-state index is 8.94. The van der Waals surface area contributed by atoms with E-state index in [0.717, 1.165) is 0 Å². The Balaban J connectivity index is 2.80. The highest BCUT2D eigenvalue weighted by Crippen LogP contribution is 2.11. The second kappa shape index (κ2) is 2.35. The van der Waals surface area contributed by atoms with Gasteiger partial charge in [0, 0.05) is 6.42 Å². The number of nitrogens with one attached hydrogen (secondary N) is 1. The summed E-state index contributed by atoms with van der Waals surface area (Å²) in [5.41, 5.74) is 0.644. The Morgan fingerprint density at radius 3 is 3.11 bits per heavy atom. The van der Waals surface area contributed by atoms with Crippen molar-refractivity contribution < 1.29 is 5.11 Å². The smallest absolute Gasteiger partial charge is 0.156 e. The number of hydrogen-bond donors (Lipinski definition) is 2. The number of aromatic amines is 1. The molecule has 0 aliphatic heterocycles. The summed E-state index contributed by atoms with van der Waals surface area (Å²) >= 11 is 0. The van der Waals surface area contributed by atoms with E-state index in [1.165, 1.54) is 6.20 Å². The number of nitrogens with zero attached hydrogens (tertiary/aromatic N) is 1. The zero-order chi connectivity index (χ0) is 6.69. The average Bonchev–Trinajstić information content (AvgIpc) is 2.18. The third kappa shape index (κ3) is 1.10. The summed E-state index contributed by atoms with van der Waals surface area (Å²) in [6.45, 7) is 3.51. The van der Waals surface area contributed by atoms with E-state index in [4.69, 9.17) is 5.11 Å². The van der Waals surface area contributed by atoms with Gasteiger partial charge in [-0.15, -0.1) is 6.58 Å². The fourth-order valence-electron chi connectivity index (χ4n) is 0.599. The molecule has 2 N–H and O–H groups in total. The van der Waals surface area contributed by atoms with Gasteiger partial charge in [-0.25, -0.2) is 0 Å². The molecule has 3 nitrogen and oxygen atoms in total. The third-order valence-electron chi connectivity index (χ3n) is 1.03. The second-order valence-corrected chi connectivity index (χ2v) is 1.71. The molecule has 0 atom stereocenters. The first kappa shape index (κ1) is 5.88. The maximum Gasteiger partial charge on any atom is 0.156 e. The molecule has 0 aliphatic carbocycles. The Kier molecular flexibility index (Phi) is 1.53. The highest BCUT2D eigenvalue weighted by atomic mass is 16.3. The summed E-state index contributed by atoms with van der Waals surface area (Å²) in [5.74, 6) is 0.204. The van der Waals surface area contributed by atoms with Crippen LogP contribution in [0.1, 0.15) is 5.69 Å². The third-order valence-corrected chi connectivity index (χ3v) is 1.03. The van der Waals surface area contributed by atoms with E-state index in [-0.39, 0.29) is 5.75 Å². The second-order valence-electron chi connectivity index (χ2n) is 1.71. The van der Waals surface area contributed by atoms with Gasteiger partial charge in [0.2, 0.25) is 0 Å². The number of aromatic nitrogens is 2. The van der Waals surface area contributed by atoms with Gasteiger partial charge in [0.05, 0.1) is 6.20 Å². The monoisotopic (exact) mass is 124 g/mol. The highest BCUT2D eigenvalue weighted by Gasteiger charge is 1.98. The van der Waals surface area contributed by atoms with Crippen LogP contribution in [0.3, 0.4) is 0 Å². The largest absolute Gasteiger partial charge is 0.504 e. The molecule has 48 valence electrons. The van der Waals surface area contributed by atoms with Crippen LogP contribution in [-0.4, -0.2) is 15.3 Å². The van der Waals surface area contributed by atoms with Crippen molar-refractivity contribution in [2.75, 3.05) is 0 Å². The minimum Gasteiger partial charge on any atom is -0.504 e. The van der Waals surface area contributed by atoms with Crippen LogP contribution in [0.5, 0.6) is 5.75 Å². The first-order chi connectivity index (χ1) is 4.34. The molecule has 0 saturated heterocycles. The molecule has 0 bridgehead atoms. The van der Waals surface area contributed by atoms with Gasteiger partial charge < -0.3 is 5.11 Å². The SMILES string of the molecule is C=CCc1n[nH]cc1O. The zero-order valence-electron chi connectivity index (χ0n) is 4.96. The van der Waals surface area contributed by atoms with E-state index in [2.05, 4.69) is 16.8 Å². The van der Waals surface area contributed by atoms with Gasteiger partial charge in [0.25, 0.3) is 0 Å². The van der Waals surface area contributed by atoms with E-state index in [1.807, 2.05) is 0 Å². The lowest BCUT2D eigenvalue weighted by molar-refractivity contribution is 0.470. The molecular formula is C6H8N2O. The van der Waals surface area contributed by atoms with Crippen LogP contribution in [0.25, 0.3) is 0 Å². The van der Waals surface area contributed by atoms with Crippen LogP contribution in [0.2, 0.25) is 0 Å². The fraction of sp³-hybridized carbons (Fsp3) is 0.167. The van der Waals surface area contributed by atoms with Crippen molar-refractivity contribution in [2.24, 2.45) is 0 Å². The van der Waals surface area contributed by atoms with Crippen LogP contribution in [0.15, 0.2) is 18.9 Å². The molecule has 3 heteroatoms. The Morgan fingerprint density at radius 2 is 2.67 bits per heavy atom. The maximum atomic E-state index is 8.94. The Hall–Kier alpha value is -1.25. The molecule has 1 heterocycles. The van der Waals surface area contributed by atoms with E-state index in [1.54, 1.807) is 6.08 Å². The molecular weight excluding hydrogens is 116 g/mol. The lowest BCUT2D eigenvalue weighted by atomic mass is 10.3. The van der Waals surface area contributed by atoms with Gasteiger partial charge in [0.1, 0.15) is 5.69 Å². The van der Waals surface area contributed by atoms with Crippen LogP contribution >= 0.6 is 0 Å². The molecule has 0 unspecified atom stereocenters. The van der Waals surface area contributed by atoms with E-state index in [9.17, 15) is 0 Å². The predicted octanol–water partition coefficient (Wildman–Crippen LogP) is 0.844. The van der Waals surface area contributed by atoms with Gasteiger partial charge in [-0.1, -0.05) is 6.08 Å². The Labute approximate surface area is 53.0 Å². The van der Waals surface area contributed by atoms with Gasteiger partial charge in [-0.05, 0) is 0 Å². The van der Waals surface area contributed by atoms with Crippen molar-refractivity contribution in [3.8, 4) is 5.75 Å². The molecule has 9 heavy (non-hydrogen) atoms. The molecule has 1 aromatic rings. The van der Waals surface area contributed by atoms with E-state index >= 15 is 0 Å². The van der Waals surface area contributed by atoms with Crippen molar-refractivity contribution in [3.63, 3.8) is 0 Å². The summed E-state index contributed by atoms with van der Waals surface area (Å²) in [6, 6.07) is 0. The van der Waals surface area contributed by atoms with E-state index in [0.29, 0.717) is 12.1 Å². The zero-order valence-corrected chi connectivity index (χ0v) is 4.96. The quantitative estimate of drug-likeness (QED) is 0.574. The van der Waals surface area contributed by atoms with Crippen LogP contribution in [0, 0.1) is 0 Å². The molecule has 0 amide bonds. The lowest BCUT2D eigenvalue weighted by Crippen LogP contribution is -1.79. The van der Waals surface area contributed by atoms with Gasteiger partial charge in [-0.3, -0.25) is 5.10 Å².